The maximum absolute atomic E-state index is 6.19. The number of hydrogen-bond acceptors (Lipinski definition) is 3. The maximum Gasteiger partial charge on any atom is 0.127 e. The Kier molecular flexibility index (Phi) is 3.69. The lowest BCUT2D eigenvalue weighted by Crippen LogP contribution is -2.10. The third-order valence-electron chi connectivity index (χ3n) is 2.77. The van der Waals surface area contributed by atoms with E-state index in [4.69, 9.17) is 23.2 Å². The van der Waals surface area contributed by atoms with Crippen molar-refractivity contribution in [2.24, 2.45) is 5.10 Å². The fraction of sp³-hybridized carbons (Fsp3) is 0.0714. The molecule has 0 bridgehead atoms. The number of thioether (sulfide) groups is 1. The minimum atomic E-state index is 0.701. The average Bonchev–Trinajstić information content (AvgIpc) is 2.89. The van der Waals surface area contributed by atoms with Crippen LogP contribution in [0.2, 0.25) is 10.0 Å². The third kappa shape index (κ3) is 2.59. The Bertz CT molecular complexity index is 643. The highest BCUT2D eigenvalue weighted by molar-refractivity contribution is 8.14. The fourth-order valence-electron chi connectivity index (χ4n) is 1.84. The molecule has 0 fully saturated rings. The van der Waals surface area contributed by atoms with E-state index in [0.29, 0.717) is 5.02 Å². The number of halogens is 2. The van der Waals surface area contributed by atoms with Crippen LogP contribution in [0.4, 0.5) is 5.69 Å². The average molecular weight is 309 g/mol. The molecule has 0 saturated heterocycles. The zero-order valence-electron chi connectivity index (χ0n) is 9.88. The van der Waals surface area contributed by atoms with Crippen LogP contribution in [-0.4, -0.2) is 10.9 Å². The lowest BCUT2D eigenvalue weighted by atomic mass is 10.2. The standard InChI is InChI=1S/C14H10Cl2N2S/c15-11-6-2-1-5-10(11)14-17-18(9-19-14)13-8-4-3-7-12(13)16/h1-8H,9H2. The van der Waals surface area contributed by atoms with Crippen LogP contribution < -0.4 is 5.01 Å². The first kappa shape index (κ1) is 12.9. The monoisotopic (exact) mass is 308 g/mol. The highest BCUT2D eigenvalue weighted by Crippen LogP contribution is 2.33. The molecule has 0 N–H and O–H groups in total. The van der Waals surface area contributed by atoms with Gasteiger partial charge >= 0.3 is 0 Å². The van der Waals surface area contributed by atoms with Crippen molar-refractivity contribution in [3.8, 4) is 0 Å². The molecule has 0 amide bonds. The first-order valence-corrected chi connectivity index (χ1v) is 7.48. The van der Waals surface area contributed by atoms with Gasteiger partial charge in [0.25, 0.3) is 0 Å². The number of hydrogen-bond donors (Lipinski definition) is 0. The van der Waals surface area contributed by atoms with Gasteiger partial charge in [0.2, 0.25) is 0 Å². The molecule has 2 aromatic carbocycles. The summed E-state index contributed by atoms with van der Waals surface area (Å²) >= 11 is 14.0. The van der Waals surface area contributed by atoms with E-state index in [0.717, 1.165) is 27.2 Å². The molecule has 96 valence electrons. The van der Waals surface area contributed by atoms with Gasteiger partial charge < -0.3 is 0 Å². The van der Waals surface area contributed by atoms with E-state index in [9.17, 15) is 0 Å². The molecular formula is C14H10Cl2N2S. The summed E-state index contributed by atoms with van der Waals surface area (Å²) in [6.45, 7) is 0. The molecule has 5 heteroatoms. The van der Waals surface area contributed by atoms with Gasteiger partial charge in [0.05, 0.1) is 21.6 Å². The highest BCUT2D eigenvalue weighted by atomic mass is 35.5. The van der Waals surface area contributed by atoms with Gasteiger partial charge in [-0.05, 0) is 18.2 Å². The van der Waals surface area contributed by atoms with Gasteiger partial charge in [0.1, 0.15) is 5.04 Å². The number of nitrogens with zero attached hydrogens (tertiary/aromatic N) is 2. The molecule has 1 aliphatic heterocycles. The predicted octanol–water partition coefficient (Wildman–Crippen LogP) is 4.87. The summed E-state index contributed by atoms with van der Waals surface area (Å²) in [6, 6.07) is 15.4. The van der Waals surface area contributed by atoms with Crippen LogP contribution in [0.25, 0.3) is 0 Å². The van der Waals surface area contributed by atoms with Crippen molar-refractivity contribution in [3.05, 3.63) is 64.1 Å². The molecule has 0 saturated carbocycles. The fourth-order valence-corrected chi connectivity index (χ4v) is 3.29. The van der Waals surface area contributed by atoms with Crippen molar-refractivity contribution >= 4 is 45.7 Å². The number of rotatable bonds is 2. The van der Waals surface area contributed by atoms with Gasteiger partial charge in [-0.2, -0.15) is 5.10 Å². The van der Waals surface area contributed by atoms with E-state index < -0.39 is 0 Å². The topological polar surface area (TPSA) is 15.6 Å². The zero-order chi connectivity index (χ0) is 13.2. The van der Waals surface area contributed by atoms with Gasteiger partial charge in [-0.3, -0.25) is 5.01 Å². The predicted molar refractivity (Wildman–Crippen MR) is 84.4 cm³/mol. The molecule has 19 heavy (non-hydrogen) atoms. The van der Waals surface area contributed by atoms with Crippen LogP contribution in [-0.2, 0) is 0 Å². The molecule has 2 nitrogen and oxygen atoms in total. The lowest BCUT2D eigenvalue weighted by Gasteiger charge is -2.13. The molecule has 0 aromatic heterocycles. The summed E-state index contributed by atoms with van der Waals surface area (Å²) in [6.07, 6.45) is 0. The number of hydrazone groups is 1. The van der Waals surface area contributed by atoms with Crippen molar-refractivity contribution in [2.45, 2.75) is 0 Å². The molecule has 3 rings (SSSR count). The second-order valence-electron chi connectivity index (χ2n) is 4.01. The summed E-state index contributed by atoms with van der Waals surface area (Å²) in [5.74, 6) is 0.740. The van der Waals surface area contributed by atoms with E-state index in [2.05, 4.69) is 5.10 Å². The summed E-state index contributed by atoms with van der Waals surface area (Å²) < 4.78 is 0. The molecule has 0 atom stereocenters. The van der Waals surface area contributed by atoms with Crippen molar-refractivity contribution in [2.75, 3.05) is 10.9 Å². The van der Waals surface area contributed by atoms with Crippen molar-refractivity contribution in [1.82, 2.24) is 0 Å². The van der Waals surface area contributed by atoms with Gasteiger partial charge in [0, 0.05) is 5.56 Å². The van der Waals surface area contributed by atoms with Crippen LogP contribution in [0.15, 0.2) is 53.6 Å². The van der Waals surface area contributed by atoms with E-state index >= 15 is 0 Å². The van der Waals surface area contributed by atoms with Crippen LogP contribution in [0, 0.1) is 0 Å². The summed E-state index contributed by atoms with van der Waals surface area (Å²) in [5.41, 5.74) is 1.88. The molecular weight excluding hydrogens is 299 g/mol. The first-order chi connectivity index (χ1) is 9.25. The van der Waals surface area contributed by atoms with Gasteiger partial charge in [0.15, 0.2) is 0 Å². The van der Waals surface area contributed by atoms with E-state index in [-0.39, 0.29) is 0 Å². The number of anilines is 1. The number of para-hydroxylation sites is 1. The quantitative estimate of drug-likeness (QED) is 0.787. The van der Waals surface area contributed by atoms with Crippen LogP contribution in [0.1, 0.15) is 5.56 Å². The van der Waals surface area contributed by atoms with E-state index in [1.807, 2.05) is 53.5 Å². The zero-order valence-corrected chi connectivity index (χ0v) is 12.2. The van der Waals surface area contributed by atoms with Crippen LogP contribution in [0.3, 0.4) is 0 Å². The molecule has 1 aliphatic rings. The van der Waals surface area contributed by atoms with Crippen molar-refractivity contribution < 1.29 is 0 Å². The Balaban J connectivity index is 1.94. The molecule has 0 aliphatic carbocycles. The Morgan fingerprint density at radius 1 is 0.947 bits per heavy atom. The van der Waals surface area contributed by atoms with Crippen LogP contribution >= 0.6 is 35.0 Å². The third-order valence-corrected chi connectivity index (χ3v) is 4.37. The molecule has 1 heterocycles. The normalized spacial score (nSPS) is 14.6. The summed E-state index contributed by atoms with van der Waals surface area (Å²) in [7, 11) is 0. The van der Waals surface area contributed by atoms with Gasteiger partial charge in [-0.15, -0.1) is 0 Å². The van der Waals surface area contributed by atoms with Crippen molar-refractivity contribution in [3.63, 3.8) is 0 Å². The SMILES string of the molecule is Clc1ccccc1C1=NN(c2ccccc2Cl)CS1. The Labute approximate surface area is 126 Å². The second-order valence-corrected chi connectivity index (χ2v) is 5.76. The Morgan fingerprint density at radius 2 is 1.63 bits per heavy atom. The Morgan fingerprint density at radius 3 is 2.37 bits per heavy atom. The van der Waals surface area contributed by atoms with E-state index in [1.165, 1.54) is 0 Å². The molecule has 0 spiro atoms. The lowest BCUT2D eigenvalue weighted by molar-refractivity contribution is 1.01. The highest BCUT2D eigenvalue weighted by Gasteiger charge is 2.20. The second kappa shape index (κ2) is 5.45. The van der Waals surface area contributed by atoms with Crippen molar-refractivity contribution in [1.29, 1.82) is 0 Å². The maximum atomic E-state index is 6.19. The number of benzene rings is 2. The molecule has 0 radical (unpaired) electrons. The van der Waals surface area contributed by atoms with E-state index in [1.54, 1.807) is 11.8 Å². The van der Waals surface area contributed by atoms with Gasteiger partial charge in [-0.1, -0.05) is 65.3 Å². The minimum Gasteiger partial charge on any atom is -0.253 e. The van der Waals surface area contributed by atoms with Gasteiger partial charge in [-0.25, -0.2) is 0 Å². The smallest absolute Gasteiger partial charge is 0.127 e. The molecule has 2 aromatic rings. The summed E-state index contributed by atoms with van der Waals surface area (Å²) in [4.78, 5) is 0. The largest absolute Gasteiger partial charge is 0.253 e. The molecule has 0 unspecified atom stereocenters. The first-order valence-electron chi connectivity index (χ1n) is 5.74. The van der Waals surface area contributed by atoms with Crippen LogP contribution in [0.5, 0.6) is 0 Å². The summed E-state index contributed by atoms with van der Waals surface area (Å²) in [5, 5.41) is 8.83. The minimum absolute atomic E-state index is 0.701. The Hall–Kier alpha value is -1.16.